The average molecular weight is 121 g/mol. The quantitative estimate of drug-likeness (QED) is 0.524. The maximum atomic E-state index is 4.02. The Kier molecular flexibility index (Phi) is 0.828. The van der Waals surface area contributed by atoms with Gasteiger partial charge in [-0.3, -0.25) is 4.99 Å². The van der Waals surface area contributed by atoms with Crippen LogP contribution in [-0.2, 0) is 0 Å². The third-order valence-corrected chi connectivity index (χ3v) is 1.36. The van der Waals surface area contributed by atoms with E-state index in [0.717, 1.165) is 11.4 Å². The Morgan fingerprint density at radius 3 is 3.44 bits per heavy atom. The molecule has 0 amide bonds. The van der Waals surface area contributed by atoms with Gasteiger partial charge in [-0.05, 0) is 6.07 Å². The maximum Gasteiger partial charge on any atom is 0.107 e. The first-order valence-electron chi connectivity index (χ1n) is 2.88. The highest BCUT2D eigenvalue weighted by Crippen LogP contribution is 2.12. The summed E-state index contributed by atoms with van der Waals surface area (Å²) in [6, 6.07) is 2.00. The number of H-pyrrole nitrogens is 1. The lowest BCUT2D eigenvalue weighted by molar-refractivity contribution is 1.12. The third kappa shape index (κ3) is 0.614. The van der Waals surface area contributed by atoms with E-state index in [9.17, 15) is 0 Å². The maximum absolute atomic E-state index is 4.02. The lowest BCUT2D eigenvalue weighted by Crippen LogP contribution is -2.05. The minimum Gasteiger partial charge on any atom is -0.364 e. The van der Waals surface area contributed by atoms with Gasteiger partial charge in [0.25, 0.3) is 0 Å². The highest BCUT2D eigenvalue weighted by atomic mass is 15.0. The molecule has 0 fully saturated rings. The standard InChI is InChI=1S/C6H7N3/c1-2-8-6-3-7-4-9-5(1)6/h1-3,8-9H,4H2. The van der Waals surface area contributed by atoms with Gasteiger partial charge in [-0.1, -0.05) is 0 Å². The van der Waals surface area contributed by atoms with Crippen LogP contribution in [0.4, 0.5) is 5.69 Å². The van der Waals surface area contributed by atoms with Gasteiger partial charge >= 0.3 is 0 Å². The summed E-state index contributed by atoms with van der Waals surface area (Å²) in [5.74, 6) is 0. The van der Waals surface area contributed by atoms with Gasteiger partial charge in [0.1, 0.15) is 6.67 Å². The molecule has 0 atom stereocenters. The van der Waals surface area contributed by atoms with Gasteiger partial charge < -0.3 is 10.3 Å². The van der Waals surface area contributed by atoms with Crippen LogP contribution in [0.15, 0.2) is 17.3 Å². The summed E-state index contributed by atoms with van der Waals surface area (Å²) in [6.07, 6.45) is 3.74. The van der Waals surface area contributed by atoms with Crippen molar-refractivity contribution >= 4 is 11.9 Å². The van der Waals surface area contributed by atoms with E-state index in [1.165, 1.54) is 0 Å². The molecule has 0 radical (unpaired) electrons. The summed E-state index contributed by atoms with van der Waals surface area (Å²) in [5, 5.41) is 3.11. The first-order valence-corrected chi connectivity index (χ1v) is 2.88. The highest BCUT2D eigenvalue weighted by Gasteiger charge is 2.01. The molecule has 46 valence electrons. The summed E-state index contributed by atoms with van der Waals surface area (Å²) >= 11 is 0. The number of rotatable bonds is 0. The number of nitrogens with zero attached hydrogens (tertiary/aromatic N) is 1. The van der Waals surface area contributed by atoms with E-state index >= 15 is 0 Å². The molecular weight excluding hydrogens is 114 g/mol. The van der Waals surface area contributed by atoms with Gasteiger partial charge in [0.15, 0.2) is 0 Å². The van der Waals surface area contributed by atoms with Crippen molar-refractivity contribution in [1.29, 1.82) is 0 Å². The molecule has 1 aromatic rings. The van der Waals surface area contributed by atoms with E-state index in [-0.39, 0.29) is 0 Å². The second kappa shape index (κ2) is 1.62. The van der Waals surface area contributed by atoms with Crippen molar-refractivity contribution in [3.8, 4) is 0 Å². The predicted octanol–water partition coefficient (Wildman–Crippen LogP) is 0.817. The summed E-state index contributed by atoms with van der Waals surface area (Å²) in [5.41, 5.74) is 2.21. The van der Waals surface area contributed by atoms with Crippen molar-refractivity contribution in [2.75, 3.05) is 12.0 Å². The molecule has 0 bridgehead atoms. The smallest absolute Gasteiger partial charge is 0.107 e. The number of nitrogens with one attached hydrogen (secondary N) is 2. The van der Waals surface area contributed by atoms with Gasteiger partial charge in [0.05, 0.1) is 11.4 Å². The van der Waals surface area contributed by atoms with Crippen LogP contribution in [0, 0.1) is 0 Å². The van der Waals surface area contributed by atoms with Crippen molar-refractivity contribution in [3.05, 3.63) is 18.0 Å². The molecule has 0 spiro atoms. The average Bonchev–Trinajstić information content (AvgIpc) is 2.33. The molecule has 1 aliphatic rings. The molecule has 1 aliphatic heterocycles. The fraction of sp³-hybridized carbons (Fsp3) is 0.167. The van der Waals surface area contributed by atoms with E-state index < -0.39 is 0 Å². The lowest BCUT2D eigenvalue weighted by Gasteiger charge is -2.05. The summed E-state index contributed by atoms with van der Waals surface area (Å²) < 4.78 is 0. The third-order valence-electron chi connectivity index (χ3n) is 1.36. The van der Waals surface area contributed by atoms with E-state index in [4.69, 9.17) is 0 Å². The van der Waals surface area contributed by atoms with Crippen LogP contribution in [0.3, 0.4) is 0 Å². The highest BCUT2D eigenvalue weighted by molar-refractivity contribution is 5.87. The number of aromatic nitrogens is 1. The van der Waals surface area contributed by atoms with Gasteiger partial charge in [-0.2, -0.15) is 0 Å². The number of hydrogen-bond acceptors (Lipinski definition) is 2. The number of hydrogen-bond donors (Lipinski definition) is 2. The molecule has 0 saturated carbocycles. The number of fused-ring (bicyclic) bond motifs is 1. The first-order chi connectivity index (χ1) is 4.47. The predicted molar refractivity (Wildman–Crippen MR) is 36.9 cm³/mol. The second-order valence-corrected chi connectivity index (χ2v) is 1.95. The van der Waals surface area contributed by atoms with Crippen molar-refractivity contribution in [3.63, 3.8) is 0 Å². The Bertz CT molecular complexity index is 236. The van der Waals surface area contributed by atoms with Gasteiger partial charge in [0.2, 0.25) is 0 Å². The summed E-state index contributed by atoms with van der Waals surface area (Å²) in [6.45, 7) is 0.699. The van der Waals surface area contributed by atoms with E-state index in [0.29, 0.717) is 6.67 Å². The molecule has 0 saturated heterocycles. The number of aliphatic imine (C=N–C) groups is 1. The monoisotopic (exact) mass is 121 g/mol. The number of anilines is 1. The van der Waals surface area contributed by atoms with Gasteiger partial charge in [-0.25, -0.2) is 0 Å². The Balaban J connectivity index is 2.53. The molecule has 2 rings (SSSR count). The van der Waals surface area contributed by atoms with Gasteiger partial charge in [-0.15, -0.1) is 0 Å². The van der Waals surface area contributed by atoms with Crippen LogP contribution in [0.25, 0.3) is 0 Å². The summed E-state index contributed by atoms with van der Waals surface area (Å²) in [4.78, 5) is 7.07. The van der Waals surface area contributed by atoms with Crippen LogP contribution < -0.4 is 5.32 Å². The second-order valence-electron chi connectivity index (χ2n) is 1.95. The summed E-state index contributed by atoms with van der Waals surface area (Å²) in [7, 11) is 0. The zero-order chi connectivity index (χ0) is 6.10. The molecule has 0 aliphatic carbocycles. The van der Waals surface area contributed by atoms with Crippen molar-refractivity contribution in [2.45, 2.75) is 0 Å². The molecular formula is C6H7N3. The van der Waals surface area contributed by atoms with Crippen LogP contribution in [-0.4, -0.2) is 17.9 Å². The first kappa shape index (κ1) is 4.61. The molecule has 1 aromatic heterocycles. The van der Waals surface area contributed by atoms with Crippen molar-refractivity contribution in [1.82, 2.24) is 4.98 Å². The fourth-order valence-electron chi connectivity index (χ4n) is 0.911. The minimum atomic E-state index is 0.699. The minimum absolute atomic E-state index is 0.699. The number of aromatic amines is 1. The Labute approximate surface area is 52.8 Å². The van der Waals surface area contributed by atoms with E-state index in [2.05, 4.69) is 15.3 Å². The largest absolute Gasteiger partial charge is 0.364 e. The lowest BCUT2D eigenvalue weighted by atomic mass is 10.3. The van der Waals surface area contributed by atoms with Crippen LogP contribution in [0.5, 0.6) is 0 Å². The molecule has 2 N–H and O–H groups in total. The normalized spacial score (nSPS) is 14.7. The molecule has 3 heteroatoms. The Morgan fingerprint density at radius 2 is 2.56 bits per heavy atom. The van der Waals surface area contributed by atoms with Gasteiger partial charge in [0, 0.05) is 12.4 Å². The van der Waals surface area contributed by atoms with Crippen molar-refractivity contribution in [2.24, 2.45) is 4.99 Å². The zero-order valence-electron chi connectivity index (χ0n) is 4.89. The van der Waals surface area contributed by atoms with Crippen molar-refractivity contribution < 1.29 is 0 Å². The van der Waals surface area contributed by atoms with Crippen LogP contribution in [0.2, 0.25) is 0 Å². The zero-order valence-corrected chi connectivity index (χ0v) is 4.89. The Morgan fingerprint density at radius 1 is 1.56 bits per heavy atom. The molecule has 0 aromatic carbocycles. The molecule has 0 unspecified atom stereocenters. The fourth-order valence-corrected chi connectivity index (χ4v) is 0.911. The van der Waals surface area contributed by atoms with Crippen LogP contribution >= 0.6 is 0 Å². The molecule has 2 heterocycles. The van der Waals surface area contributed by atoms with E-state index in [1.54, 1.807) is 0 Å². The molecule has 3 nitrogen and oxygen atoms in total. The van der Waals surface area contributed by atoms with E-state index in [1.807, 2.05) is 18.5 Å². The Hall–Kier alpha value is -1.25. The van der Waals surface area contributed by atoms with Crippen LogP contribution in [0.1, 0.15) is 5.69 Å². The topological polar surface area (TPSA) is 40.2 Å². The SMILES string of the molecule is C1=NCNc2cc[nH]c21. The molecule has 9 heavy (non-hydrogen) atoms.